The number of imide groups is 2. The fraction of sp³-hybridized carbons (Fsp3) is 0.333. The minimum absolute atomic E-state index is 0.586. The third kappa shape index (κ3) is 2.25. The van der Waals surface area contributed by atoms with Crippen LogP contribution >= 0.6 is 0 Å². The molecule has 1 heterocycles. The van der Waals surface area contributed by atoms with Gasteiger partial charge in [0.2, 0.25) is 0 Å². The third-order valence-corrected chi connectivity index (χ3v) is 2.02. The summed E-state index contributed by atoms with van der Waals surface area (Å²) in [6.45, 7) is 1.33. The molecule has 16 heavy (non-hydrogen) atoms. The molecule has 1 atom stereocenters. The van der Waals surface area contributed by atoms with Crippen molar-refractivity contribution in [3.05, 3.63) is 12.2 Å². The van der Waals surface area contributed by atoms with E-state index >= 15 is 0 Å². The van der Waals surface area contributed by atoms with Crippen molar-refractivity contribution >= 4 is 23.8 Å². The Morgan fingerprint density at radius 2 is 1.81 bits per heavy atom. The Kier molecular flexibility index (Phi) is 3.39. The number of amides is 4. The maximum atomic E-state index is 11.4. The Bertz CT molecular complexity index is 369. The van der Waals surface area contributed by atoms with Crippen LogP contribution in [0.4, 0.5) is 4.79 Å². The van der Waals surface area contributed by atoms with Gasteiger partial charge in [0.25, 0.3) is 17.7 Å². The minimum Gasteiger partial charge on any atom is -0.453 e. The number of alkyl carbamates (subject to hydrolysis) is 1. The first-order valence-electron chi connectivity index (χ1n) is 4.41. The molecular formula is C9H10N2O5. The van der Waals surface area contributed by atoms with Gasteiger partial charge in [-0.15, -0.1) is 0 Å². The summed E-state index contributed by atoms with van der Waals surface area (Å²) in [4.78, 5) is 45.3. The highest BCUT2D eigenvalue weighted by atomic mass is 16.5. The van der Waals surface area contributed by atoms with Crippen molar-refractivity contribution in [3.8, 4) is 0 Å². The quantitative estimate of drug-likeness (QED) is 0.621. The molecule has 7 nitrogen and oxygen atoms in total. The van der Waals surface area contributed by atoms with Crippen LogP contribution in [0.15, 0.2) is 12.2 Å². The molecule has 4 amide bonds. The number of nitrogens with one attached hydrogen (secondary N) is 1. The number of carbonyl (C=O) groups is 4. The SMILES string of the molecule is COC(=O)NC(=O)C(C)N1C(=O)C=CC1=O. The number of rotatable bonds is 2. The maximum absolute atomic E-state index is 11.4. The monoisotopic (exact) mass is 226 g/mol. The minimum atomic E-state index is -1.06. The van der Waals surface area contributed by atoms with Crippen LogP contribution in [0.1, 0.15) is 6.92 Å². The Morgan fingerprint density at radius 1 is 1.31 bits per heavy atom. The molecule has 0 radical (unpaired) electrons. The molecule has 0 aromatic heterocycles. The molecule has 1 N–H and O–H groups in total. The lowest BCUT2D eigenvalue weighted by atomic mass is 10.2. The van der Waals surface area contributed by atoms with Crippen molar-refractivity contribution in [2.75, 3.05) is 7.11 Å². The second-order valence-corrected chi connectivity index (χ2v) is 3.04. The summed E-state index contributed by atoms with van der Waals surface area (Å²) in [5, 5.41) is 1.87. The smallest absolute Gasteiger partial charge is 0.413 e. The van der Waals surface area contributed by atoms with Gasteiger partial charge in [-0.3, -0.25) is 24.6 Å². The summed E-state index contributed by atoms with van der Waals surface area (Å²) in [6, 6.07) is -1.06. The third-order valence-electron chi connectivity index (χ3n) is 2.02. The second kappa shape index (κ2) is 4.56. The Labute approximate surface area is 91.0 Å². The maximum Gasteiger partial charge on any atom is 0.413 e. The topological polar surface area (TPSA) is 92.8 Å². The number of nitrogens with zero attached hydrogens (tertiary/aromatic N) is 1. The lowest BCUT2D eigenvalue weighted by Crippen LogP contribution is -2.49. The highest BCUT2D eigenvalue weighted by molar-refractivity contribution is 6.15. The molecule has 0 bridgehead atoms. The van der Waals surface area contributed by atoms with Crippen molar-refractivity contribution < 1.29 is 23.9 Å². The van der Waals surface area contributed by atoms with E-state index in [-0.39, 0.29) is 0 Å². The lowest BCUT2D eigenvalue weighted by Gasteiger charge is -2.20. The van der Waals surface area contributed by atoms with Gasteiger partial charge >= 0.3 is 6.09 Å². The molecule has 0 saturated carbocycles. The fourth-order valence-electron chi connectivity index (χ4n) is 1.17. The van der Waals surface area contributed by atoms with Gasteiger partial charge < -0.3 is 4.74 Å². The Balaban J connectivity index is 2.68. The van der Waals surface area contributed by atoms with Gasteiger partial charge in [-0.2, -0.15) is 0 Å². The first-order valence-corrected chi connectivity index (χ1v) is 4.41. The molecule has 0 aromatic rings. The molecular weight excluding hydrogens is 216 g/mol. The zero-order chi connectivity index (χ0) is 12.3. The zero-order valence-electron chi connectivity index (χ0n) is 8.72. The number of methoxy groups -OCH3 is 1. The van der Waals surface area contributed by atoms with E-state index < -0.39 is 29.9 Å². The van der Waals surface area contributed by atoms with E-state index in [0.29, 0.717) is 0 Å². The molecule has 0 fully saturated rings. The van der Waals surface area contributed by atoms with Gasteiger partial charge in [-0.1, -0.05) is 0 Å². The van der Waals surface area contributed by atoms with Gasteiger partial charge in [-0.25, -0.2) is 4.79 Å². The molecule has 1 unspecified atom stereocenters. The van der Waals surface area contributed by atoms with Crippen molar-refractivity contribution in [1.29, 1.82) is 0 Å². The summed E-state index contributed by atoms with van der Waals surface area (Å²) in [7, 11) is 1.10. The van der Waals surface area contributed by atoms with Crippen LogP contribution in [0.2, 0.25) is 0 Å². The predicted octanol–water partition coefficient (Wildman–Crippen LogP) is -0.817. The number of hydrogen-bond acceptors (Lipinski definition) is 5. The van der Waals surface area contributed by atoms with Crippen LogP contribution in [0.25, 0.3) is 0 Å². The van der Waals surface area contributed by atoms with E-state index in [2.05, 4.69) is 4.74 Å². The largest absolute Gasteiger partial charge is 0.453 e. The summed E-state index contributed by atoms with van der Waals surface area (Å²) < 4.78 is 4.21. The molecule has 0 aromatic carbocycles. The molecule has 1 rings (SSSR count). The van der Waals surface area contributed by atoms with Gasteiger partial charge in [-0.05, 0) is 6.92 Å². The summed E-state index contributed by atoms with van der Waals surface area (Å²) in [6.07, 6.45) is 1.18. The predicted molar refractivity (Wildman–Crippen MR) is 51.0 cm³/mol. The number of ether oxygens (including phenoxy) is 1. The van der Waals surface area contributed by atoms with Gasteiger partial charge in [0.15, 0.2) is 0 Å². The van der Waals surface area contributed by atoms with E-state index in [9.17, 15) is 19.2 Å². The average Bonchev–Trinajstić information content (AvgIpc) is 2.57. The summed E-state index contributed by atoms with van der Waals surface area (Å²) >= 11 is 0. The van der Waals surface area contributed by atoms with Gasteiger partial charge in [0.05, 0.1) is 7.11 Å². The Morgan fingerprint density at radius 3 is 2.25 bits per heavy atom. The first-order chi connectivity index (χ1) is 7.47. The average molecular weight is 226 g/mol. The molecule has 7 heteroatoms. The van der Waals surface area contributed by atoms with E-state index in [0.717, 1.165) is 24.2 Å². The van der Waals surface area contributed by atoms with Crippen LogP contribution in [-0.4, -0.2) is 41.9 Å². The highest BCUT2D eigenvalue weighted by Crippen LogP contribution is 2.08. The molecule has 0 spiro atoms. The standard InChI is InChI=1S/C9H10N2O5/c1-5(8(14)10-9(15)16-2)11-6(12)3-4-7(11)13/h3-5H,1-2H3,(H,10,14,15). The highest BCUT2D eigenvalue weighted by Gasteiger charge is 2.33. The van der Waals surface area contributed by atoms with Crippen LogP contribution in [0.3, 0.4) is 0 Å². The van der Waals surface area contributed by atoms with E-state index in [1.54, 1.807) is 0 Å². The van der Waals surface area contributed by atoms with Crippen LogP contribution in [-0.2, 0) is 19.1 Å². The molecule has 1 aliphatic heterocycles. The van der Waals surface area contributed by atoms with Crippen LogP contribution in [0.5, 0.6) is 0 Å². The summed E-state index contributed by atoms with van der Waals surface area (Å²) in [5.74, 6) is -1.95. The van der Waals surface area contributed by atoms with Crippen molar-refractivity contribution in [2.24, 2.45) is 0 Å². The molecule has 0 aliphatic carbocycles. The van der Waals surface area contributed by atoms with Crippen molar-refractivity contribution in [3.63, 3.8) is 0 Å². The van der Waals surface area contributed by atoms with E-state index in [1.165, 1.54) is 6.92 Å². The van der Waals surface area contributed by atoms with Crippen LogP contribution < -0.4 is 5.32 Å². The van der Waals surface area contributed by atoms with E-state index in [4.69, 9.17) is 0 Å². The van der Waals surface area contributed by atoms with Crippen molar-refractivity contribution in [1.82, 2.24) is 10.2 Å². The van der Waals surface area contributed by atoms with Gasteiger partial charge in [0.1, 0.15) is 6.04 Å². The summed E-state index contributed by atoms with van der Waals surface area (Å²) in [5.41, 5.74) is 0. The number of carbonyl (C=O) groups excluding carboxylic acids is 4. The van der Waals surface area contributed by atoms with E-state index in [1.807, 2.05) is 5.32 Å². The second-order valence-electron chi connectivity index (χ2n) is 3.04. The zero-order valence-corrected chi connectivity index (χ0v) is 8.72. The van der Waals surface area contributed by atoms with Crippen molar-refractivity contribution in [2.45, 2.75) is 13.0 Å². The molecule has 1 aliphatic rings. The Hall–Kier alpha value is -2.18. The normalized spacial score (nSPS) is 16.2. The van der Waals surface area contributed by atoms with Gasteiger partial charge in [0, 0.05) is 12.2 Å². The molecule has 86 valence electrons. The first kappa shape index (κ1) is 11.9. The fourth-order valence-corrected chi connectivity index (χ4v) is 1.17. The molecule has 0 saturated heterocycles. The lowest BCUT2D eigenvalue weighted by molar-refractivity contribution is -0.144. The number of hydrogen-bond donors (Lipinski definition) is 1. The van der Waals surface area contributed by atoms with Crippen LogP contribution in [0, 0.1) is 0 Å².